The zero-order valence-electron chi connectivity index (χ0n) is 7.42. The van der Waals surface area contributed by atoms with Gasteiger partial charge in [0.2, 0.25) is 0 Å². The van der Waals surface area contributed by atoms with Crippen LogP contribution < -0.4 is 0 Å². The maximum absolute atomic E-state index is 9.55. The average molecular weight is 158 g/mol. The monoisotopic (exact) mass is 158 g/mol. The Hall–Kier alpha value is -0.0800. The lowest BCUT2D eigenvalue weighted by Gasteiger charge is -2.31. The van der Waals surface area contributed by atoms with Crippen LogP contribution in [0.4, 0.5) is 0 Å². The fraction of sp³-hybridized carbons (Fsp3) is 1.00. The zero-order valence-corrected chi connectivity index (χ0v) is 7.42. The summed E-state index contributed by atoms with van der Waals surface area (Å²) in [6, 6.07) is 0. The second kappa shape index (κ2) is 4.07. The molecule has 2 heteroatoms. The second-order valence-electron chi connectivity index (χ2n) is 3.57. The highest BCUT2D eigenvalue weighted by molar-refractivity contribution is 4.76. The number of ether oxygens (including phenoxy) is 1. The van der Waals surface area contributed by atoms with Crippen molar-refractivity contribution >= 4 is 0 Å². The molecule has 1 rings (SSSR count). The van der Waals surface area contributed by atoms with Gasteiger partial charge in [-0.3, -0.25) is 0 Å². The van der Waals surface area contributed by atoms with Crippen LogP contribution in [0.3, 0.4) is 0 Å². The quantitative estimate of drug-likeness (QED) is 0.661. The summed E-state index contributed by atoms with van der Waals surface area (Å²) in [7, 11) is 0. The molecular formula is C9H18O2. The summed E-state index contributed by atoms with van der Waals surface area (Å²) >= 11 is 0. The van der Waals surface area contributed by atoms with Gasteiger partial charge in [0.05, 0.1) is 12.2 Å². The summed E-state index contributed by atoms with van der Waals surface area (Å²) in [5.41, 5.74) is 0. The molecule has 1 N–H and O–H groups in total. The Labute approximate surface area is 68.6 Å². The van der Waals surface area contributed by atoms with E-state index in [4.69, 9.17) is 4.74 Å². The lowest BCUT2D eigenvalue weighted by atomic mass is 9.95. The molecule has 0 amide bonds. The third-order valence-corrected chi connectivity index (χ3v) is 2.24. The topological polar surface area (TPSA) is 29.5 Å². The molecule has 1 aliphatic rings. The highest BCUT2D eigenvalue weighted by Gasteiger charge is 2.26. The molecule has 0 aromatic rings. The molecule has 2 nitrogen and oxygen atoms in total. The van der Waals surface area contributed by atoms with E-state index in [1.807, 2.05) is 0 Å². The number of aliphatic hydroxyl groups excluding tert-OH is 1. The minimum Gasteiger partial charge on any atom is -0.390 e. The molecule has 1 heterocycles. The van der Waals surface area contributed by atoms with Crippen LogP contribution >= 0.6 is 0 Å². The molecule has 3 unspecified atom stereocenters. The van der Waals surface area contributed by atoms with E-state index >= 15 is 0 Å². The maximum atomic E-state index is 9.55. The summed E-state index contributed by atoms with van der Waals surface area (Å²) in [6.07, 6.45) is 2.88. The molecule has 11 heavy (non-hydrogen) atoms. The zero-order chi connectivity index (χ0) is 8.27. The molecule has 3 atom stereocenters. The smallest absolute Gasteiger partial charge is 0.0834 e. The second-order valence-corrected chi connectivity index (χ2v) is 3.57. The van der Waals surface area contributed by atoms with Gasteiger partial charge in [-0.05, 0) is 18.8 Å². The summed E-state index contributed by atoms with van der Waals surface area (Å²) in [6.45, 7) is 5.06. The van der Waals surface area contributed by atoms with Gasteiger partial charge in [-0.2, -0.15) is 0 Å². The largest absolute Gasteiger partial charge is 0.390 e. The molecule has 0 aromatic heterocycles. The predicted molar refractivity (Wildman–Crippen MR) is 44.4 cm³/mol. The lowest BCUT2D eigenvalue weighted by Crippen LogP contribution is -2.37. The molecule has 1 saturated heterocycles. The average Bonchev–Trinajstić information content (AvgIpc) is 1.95. The highest BCUT2D eigenvalue weighted by Crippen LogP contribution is 2.21. The van der Waals surface area contributed by atoms with Crippen LogP contribution in [0.5, 0.6) is 0 Å². The van der Waals surface area contributed by atoms with Crippen molar-refractivity contribution in [1.82, 2.24) is 0 Å². The molecule has 66 valence electrons. The van der Waals surface area contributed by atoms with Crippen LogP contribution in [0.2, 0.25) is 0 Å². The number of rotatable bonds is 2. The SMILES string of the molecule is CCCC1OCC(C)CC1O. The van der Waals surface area contributed by atoms with Crippen LogP contribution in [0.15, 0.2) is 0 Å². The number of hydrogen-bond donors (Lipinski definition) is 1. The molecule has 1 fully saturated rings. The van der Waals surface area contributed by atoms with Crippen molar-refractivity contribution in [2.75, 3.05) is 6.61 Å². The number of aliphatic hydroxyl groups is 1. The van der Waals surface area contributed by atoms with Crippen molar-refractivity contribution in [3.8, 4) is 0 Å². The predicted octanol–water partition coefficient (Wildman–Crippen LogP) is 1.57. The van der Waals surface area contributed by atoms with Gasteiger partial charge in [0, 0.05) is 6.61 Å². The van der Waals surface area contributed by atoms with Crippen LogP contribution in [-0.4, -0.2) is 23.9 Å². The molecule has 1 aliphatic heterocycles. The van der Waals surface area contributed by atoms with Gasteiger partial charge in [0.1, 0.15) is 0 Å². The fourth-order valence-electron chi connectivity index (χ4n) is 1.59. The summed E-state index contributed by atoms with van der Waals surface area (Å²) in [5.74, 6) is 0.526. The number of hydrogen-bond acceptors (Lipinski definition) is 2. The van der Waals surface area contributed by atoms with Crippen LogP contribution in [0, 0.1) is 5.92 Å². The Bertz CT molecular complexity index is 114. The Morgan fingerprint density at radius 2 is 2.27 bits per heavy atom. The standard InChI is InChI=1S/C9H18O2/c1-3-4-9-8(10)5-7(2)6-11-9/h7-10H,3-6H2,1-2H3. The van der Waals surface area contributed by atoms with E-state index in [1.54, 1.807) is 0 Å². The van der Waals surface area contributed by atoms with Gasteiger partial charge in [-0.15, -0.1) is 0 Å². The van der Waals surface area contributed by atoms with Gasteiger partial charge in [0.15, 0.2) is 0 Å². The van der Waals surface area contributed by atoms with Gasteiger partial charge in [-0.25, -0.2) is 0 Å². The van der Waals surface area contributed by atoms with Gasteiger partial charge in [-0.1, -0.05) is 20.3 Å². The first-order chi connectivity index (χ1) is 5.24. The van der Waals surface area contributed by atoms with E-state index < -0.39 is 0 Å². The van der Waals surface area contributed by atoms with E-state index in [2.05, 4.69) is 13.8 Å². The van der Waals surface area contributed by atoms with E-state index in [-0.39, 0.29) is 12.2 Å². The Balaban J connectivity index is 2.31. The van der Waals surface area contributed by atoms with Crippen molar-refractivity contribution in [2.24, 2.45) is 5.92 Å². The first-order valence-corrected chi connectivity index (χ1v) is 4.53. The molecule has 0 saturated carbocycles. The molecular weight excluding hydrogens is 140 g/mol. The van der Waals surface area contributed by atoms with E-state index in [1.165, 1.54) is 0 Å². The first-order valence-electron chi connectivity index (χ1n) is 4.53. The Kier molecular flexibility index (Phi) is 3.34. The van der Waals surface area contributed by atoms with Crippen molar-refractivity contribution in [1.29, 1.82) is 0 Å². The van der Waals surface area contributed by atoms with E-state index in [9.17, 15) is 5.11 Å². The molecule has 0 aliphatic carbocycles. The first kappa shape index (κ1) is 9.01. The molecule has 0 aromatic carbocycles. The Morgan fingerprint density at radius 1 is 1.55 bits per heavy atom. The van der Waals surface area contributed by atoms with Crippen molar-refractivity contribution in [3.05, 3.63) is 0 Å². The fourth-order valence-corrected chi connectivity index (χ4v) is 1.59. The Morgan fingerprint density at radius 3 is 2.82 bits per heavy atom. The molecule has 0 radical (unpaired) electrons. The van der Waals surface area contributed by atoms with Gasteiger partial charge >= 0.3 is 0 Å². The minimum absolute atomic E-state index is 0.108. The summed E-state index contributed by atoms with van der Waals surface area (Å²) in [4.78, 5) is 0. The van der Waals surface area contributed by atoms with E-state index in [0.717, 1.165) is 25.9 Å². The van der Waals surface area contributed by atoms with Crippen LogP contribution in [-0.2, 0) is 4.74 Å². The normalized spacial score (nSPS) is 39.0. The lowest BCUT2D eigenvalue weighted by molar-refractivity contribution is -0.0974. The van der Waals surface area contributed by atoms with Crippen molar-refractivity contribution in [3.63, 3.8) is 0 Å². The van der Waals surface area contributed by atoms with Crippen LogP contribution in [0.25, 0.3) is 0 Å². The maximum Gasteiger partial charge on any atom is 0.0834 e. The van der Waals surface area contributed by atoms with Crippen molar-refractivity contribution in [2.45, 2.75) is 45.3 Å². The third-order valence-electron chi connectivity index (χ3n) is 2.24. The molecule has 0 bridgehead atoms. The van der Waals surface area contributed by atoms with Gasteiger partial charge < -0.3 is 9.84 Å². The highest BCUT2D eigenvalue weighted by atomic mass is 16.5. The minimum atomic E-state index is -0.223. The summed E-state index contributed by atoms with van der Waals surface area (Å²) in [5, 5.41) is 9.55. The molecule has 0 spiro atoms. The van der Waals surface area contributed by atoms with Gasteiger partial charge in [0.25, 0.3) is 0 Å². The van der Waals surface area contributed by atoms with E-state index in [0.29, 0.717) is 5.92 Å². The van der Waals surface area contributed by atoms with Crippen LogP contribution in [0.1, 0.15) is 33.1 Å². The summed E-state index contributed by atoms with van der Waals surface area (Å²) < 4.78 is 5.49. The third kappa shape index (κ3) is 2.46. The van der Waals surface area contributed by atoms with Crippen molar-refractivity contribution < 1.29 is 9.84 Å².